The first kappa shape index (κ1) is 16.6. The van der Waals surface area contributed by atoms with Gasteiger partial charge in [-0.2, -0.15) is 0 Å². The van der Waals surface area contributed by atoms with Crippen molar-refractivity contribution in [1.82, 2.24) is 0 Å². The normalized spacial score (nSPS) is 10.0. The van der Waals surface area contributed by atoms with Gasteiger partial charge in [-0.15, -0.1) is 0 Å². The molecule has 0 unspecified atom stereocenters. The number of para-hydroxylation sites is 1. The summed E-state index contributed by atoms with van der Waals surface area (Å²) in [5.74, 6) is -1.30. The van der Waals surface area contributed by atoms with Crippen molar-refractivity contribution in [3.63, 3.8) is 0 Å². The molecule has 0 spiro atoms. The minimum Gasteiger partial charge on any atom is -0.505 e. The van der Waals surface area contributed by atoms with Gasteiger partial charge in [0.2, 0.25) is 0 Å². The molecule has 0 aliphatic heterocycles. The number of hydrogen-bond acceptors (Lipinski definition) is 5. The van der Waals surface area contributed by atoms with E-state index in [9.17, 15) is 14.7 Å². The van der Waals surface area contributed by atoms with Crippen molar-refractivity contribution in [1.29, 1.82) is 0 Å². The highest BCUT2D eigenvalue weighted by molar-refractivity contribution is 6.31. The van der Waals surface area contributed by atoms with Crippen molar-refractivity contribution in [2.75, 3.05) is 19.5 Å². The molecule has 0 bridgehead atoms. The molecule has 0 atom stereocenters. The lowest BCUT2D eigenvalue weighted by Gasteiger charge is -2.12. The highest BCUT2D eigenvalue weighted by atomic mass is 35.5. The van der Waals surface area contributed by atoms with E-state index in [4.69, 9.17) is 16.3 Å². The first-order chi connectivity index (χ1) is 11.0. The number of carbonyl (C=O) groups excluding carboxylic acids is 2. The number of amides is 1. The van der Waals surface area contributed by atoms with Gasteiger partial charge in [-0.1, -0.05) is 17.7 Å². The van der Waals surface area contributed by atoms with E-state index < -0.39 is 11.9 Å². The summed E-state index contributed by atoms with van der Waals surface area (Å²) in [6.07, 6.45) is 0. The third kappa shape index (κ3) is 3.54. The van der Waals surface area contributed by atoms with Crippen LogP contribution in [0.25, 0.3) is 0 Å². The van der Waals surface area contributed by atoms with Crippen molar-refractivity contribution in [2.45, 2.75) is 0 Å². The van der Waals surface area contributed by atoms with E-state index in [-0.39, 0.29) is 22.6 Å². The van der Waals surface area contributed by atoms with Gasteiger partial charge in [-0.25, -0.2) is 4.79 Å². The molecule has 6 nitrogen and oxygen atoms in total. The van der Waals surface area contributed by atoms with Crippen LogP contribution in [0.5, 0.6) is 11.5 Å². The van der Waals surface area contributed by atoms with Crippen molar-refractivity contribution in [3.8, 4) is 11.5 Å². The van der Waals surface area contributed by atoms with E-state index in [0.29, 0.717) is 10.8 Å². The number of benzene rings is 2. The number of hydrogen-bond donors (Lipinski definition) is 2. The van der Waals surface area contributed by atoms with E-state index in [2.05, 4.69) is 10.1 Å². The van der Waals surface area contributed by atoms with Crippen molar-refractivity contribution < 1.29 is 24.2 Å². The number of phenols is 1. The molecule has 2 N–H and O–H groups in total. The average molecular weight is 336 g/mol. The fourth-order valence-electron chi connectivity index (χ4n) is 1.97. The van der Waals surface area contributed by atoms with Crippen LogP contribution in [0, 0.1) is 0 Å². The van der Waals surface area contributed by atoms with E-state index in [1.807, 2.05) is 0 Å². The highest BCUT2D eigenvalue weighted by Gasteiger charge is 2.18. The van der Waals surface area contributed by atoms with E-state index in [0.717, 1.165) is 0 Å². The predicted molar refractivity (Wildman–Crippen MR) is 85.4 cm³/mol. The number of phenolic OH excluding ortho intramolecular Hbond substituents is 1. The van der Waals surface area contributed by atoms with Gasteiger partial charge in [0.1, 0.15) is 11.3 Å². The Morgan fingerprint density at radius 2 is 1.87 bits per heavy atom. The van der Waals surface area contributed by atoms with Gasteiger partial charge in [0.15, 0.2) is 5.75 Å². The Bertz CT molecular complexity index is 760. The zero-order chi connectivity index (χ0) is 17.0. The summed E-state index contributed by atoms with van der Waals surface area (Å²) < 4.78 is 9.68. The minimum atomic E-state index is -0.709. The lowest BCUT2D eigenvalue weighted by Crippen LogP contribution is -2.14. The van der Waals surface area contributed by atoms with Crippen LogP contribution in [-0.2, 0) is 4.74 Å². The number of esters is 1. The zero-order valence-electron chi connectivity index (χ0n) is 12.4. The second-order valence-corrected chi connectivity index (χ2v) is 4.93. The lowest BCUT2D eigenvalue weighted by molar-refractivity contribution is 0.0597. The largest absolute Gasteiger partial charge is 0.505 e. The molecule has 2 rings (SSSR count). The summed E-state index contributed by atoms with van der Waals surface area (Å²) in [6, 6.07) is 8.94. The Kier molecular flexibility index (Phi) is 5.08. The summed E-state index contributed by atoms with van der Waals surface area (Å²) in [6.45, 7) is 0. The second-order valence-electron chi connectivity index (χ2n) is 4.49. The molecule has 2 aromatic carbocycles. The molecule has 0 heterocycles. The number of rotatable bonds is 4. The van der Waals surface area contributed by atoms with Gasteiger partial charge >= 0.3 is 5.97 Å². The predicted octanol–water partition coefficient (Wildman–Crippen LogP) is 3.09. The van der Waals surface area contributed by atoms with Crippen molar-refractivity contribution >= 4 is 29.2 Å². The molecule has 23 heavy (non-hydrogen) atoms. The fraction of sp³-hybridized carbons (Fsp3) is 0.125. The van der Waals surface area contributed by atoms with Crippen LogP contribution in [0.4, 0.5) is 5.69 Å². The Balaban J connectivity index is 2.35. The topological polar surface area (TPSA) is 84.9 Å². The maximum absolute atomic E-state index is 12.4. The third-order valence-electron chi connectivity index (χ3n) is 3.10. The SMILES string of the molecule is COC(=O)c1cccc(NC(=O)c2cc(Cl)ccc2OC)c1O. The van der Waals surface area contributed by atoms with Gasteiger partial charge in [-0.3, -0.25) is 4.79 Å². The van der Waals surface area contributed by atoms with Crippen LogP contribution in [0.15, 0.2) is 36.4 Å². The van der Waals surface area contributed by atoms with Crippen molar-refractivity contribution in [2.24, 2.45) is 0 Å². The Morgan fingerprint density at radius 3 is 2.52 bits per heavy atom. The molecule has 7 heteroatoms. The summed E-state index contributed by atoms with van der Waals surface area (Å²) in [5.41, 5.74) is 0.214. The van der Waals surface area contributed by atoms with Crippen LogP contribution in [-0.4, -0.2) is 31.2 Å². The lowest BCUT2D eigenvalue weighted by atomic mass is 10.1. The number of methoxy groups -OCH3 is 2. The summed E-state index contributed by atoms with van der Waals surface area (Å²) >= 11 is 5.89. The first-order valence-electron chi connectivity index (χ1n) is 6.53. The third-order valence-corrected chi connectivity index (χ3v) is 3.33. The van der Waals surface area contributed by atoms with E-state index >= 15 is 0 Å². The van der Waals surface area contributed by atoms with Gasteiger partial charge < -0.3 is 19.9 Å². The Morgan fingerprint density at radius 1 is 1.13 bits per heavy atom. The summed E-state index contributed by atoms with van der Waals surface area (Å²) in [4.78, 5) is 23.9. The maximum Gasteiger partial charge on any atom is 0.341 e. The molecule has 2 aromatic rings. The molecular weight excluding hydrogens is 322 g/mol. The molecule has 0 aromatic heterocycles. The number of ether oxygens (including phenoxy) is 2. The smallest absolute Gasteiger partial charge is 0.341 e. The molecule has 0 saturated heterocycles. The number of anilines is 1. The molecule has 0 aliphatic carbocycles. The molecule has 0 radical (unpaired) electrons. The van der Waals surface area contributed by atoms with Gasteiger partial charge in [-0.05, 0) is 30.3 Å². The van der Waals surface area contributed by atoms with Gasteiger partial charge in [0, 0.05) is 5.02 Å². The van der Waals surface area contributed by atoms with Crippen molar-refractivity contribution in [3.05, 3.63) is 52.5 Å². The number of carbonyl (C=O) groups is 2. The molecule has 120 valence electrons. The number of aromatic hydroxyl groups is 1. The number of halogens is 1. The zero-order valence-corrected chi connectivity index (χ0v) is 13.2. The minimum absolute atomic E-state index is 0.0524. The van der Waals surface area contributed by atoms with Crippen LogP contribution >= 0.6 is 11.6 Å². The maximum atomic E-state index is 12.4. The van der Waals surface area contributed by atoms with Crippen LogP contribution in [0.3, 0.4) is 0 Å². The molecule has 0 fully saturated rings. The molecule has 1 amide bonds. The fourth-order valence-corrected chi connectivity index (χ4v) is 2.14. The van der Waals surface area contributed by atoms with Crippen LogP contribution in [0.1, 0.15) is 20.7 Å². The summed E-state index contributed by atoms with van der Waals surface area (Å²) in [5, 5.41) is 13.0. The average Bonchev–Trinajstić information content (AvgIpc) is 2.56. The summed E-state index contributed by atoms with van der Waals surface area (Å²) in [7, 11) is 2.62. The van der Waals surface area contributed by atoms with Crippen LogP contribution in [0.2, 0.25) is 5.02 Å². The molecular formula is C16H14ClNO5. The van der Waals surface area contributed by atoms with Gasteiger partial charge in [0.05, 0.1) is 25.5 Å². The quantitative estimate of drug-likeness (QED) is 0.662. The van der Waals surface area contributed by atoms with Crippen LogP contribution < -0.4 is 10.1 Å². The first-order valence-corrected chi connectivity index (χ1v) is 6.91. The molecule has 0 aliphatic rings. The highest BCUT2D eigenvalue weighted by Crippen LogP contribution is 2.30. The van der Waals surface area contributed by atoms with E-state index in [1.54, 1.807) is 12.1 Å². The number of nitrogens with one attached hydrogen (secondary N) is 1. The van der Waals surface area contributed by atoms with E-state index in [1.165, 1.54) is 38.5 Å². The van der Waals surface area contributed by atoms with Gasteiger partial charge in [0.25, 0.3) is 5.91 Å². The standard InChI is InChI=1S/C16H14ClNO5/c1-22-13-7-6-9(17)8-11(13)15(20)18-12-5-3-4-10(14(12)19)16(21)23-2/h3-8,19H,1-2H3,(H,18,20). The second kappa shape index (κ2) is 7.02. The monoisotopic (exact) mass is 335 g/mol. The molecule has 0 saturated carbocycles. The Labute approximate surface area is 137 Å². The Hall–Kier alpha value is -2.73.